The summed E-state index contributed by atoms with van der Waals surface area (Å²) >= 11 is 1.58. The summed E-state index contributed by atoms with van der Waals surface area (Å²) in [6.45, 7) is 6.07. The summed E-state index contributed by atoms with van der Waals surface area (Å²) in [6.07, 6.45) is 0.748. The molecule has 1 amide bonds. The molecule has 2 aromatic rings. The van der Waals surface area contributed by atoms with Crippen LogP contribution in [0.2, 0.25) is 0 Å². The Kier molecular flexibility index (Phi) is 4.85. The number of aromatic nitrogens is 3. The van der Waals surface area contributed by atoms with Gasteiger partial charge in [0.25, 0.3) is 5.56 Å². The molecular formula is C14H18N4O2S. The second kappa shape index (κ2) is 6.62. The third-order valence-electron chi connectivity index (χ3n) is 3.25. The summed E-state index contributed by atoms with van der Waals surface area (Å²) in [5.74, 6) is -0.213. The number of hydrogen-bond acceptors (Lipinski definition) is 5. The quantitative estimate of drug-likeness (QED) is 0.893. The summed E-state index contributed by atoms with van der Waals surface area (Å²) in [7, 11) is 0. The number of rotatable bonds is 5. The molecule has 0 aliphatic heterocycles. The molecule has 0 fully saturated rings. The fraction of sp³-hybridized carbons (Fsp3) is 0.429. The molecule has 0 aliphatic rings. The smallest absolute Gasteiger partial charge is 0.267 e. The zero-order valence-corrected chi connectivity index (χ0v) is 13.2. The maximum absolute atomic E-state index is 11.9. The molecular weight excluding hydrogens is 288 g/mol. The molecule has 112 valence electrons. The molecule has 2 aromatic heterocycles. The fourth-order valence-corrected chi connectivity index (χ4v) is 2.64. The lowest BCUT2D eigenvalue weighted by molar-refractivity contribution is -0.121. The zero-order valence-electron chi connectivity index (χ0n) is 12.3. The number of nitrogens with one attached hydrogen (secondary N) is 1. The number of aryl methyl sites for hydroxylation is 3. The second-order valence-electron chi connectivity index (χ2n) is 4.87. The maximum Gasteiger partial charge on any atom is 0.267 e. The van der Waals surface area contributed by atoms with Crippen LogP contribution in [0.3, 0.4) is 0 Å². The molecule has 1 N–H and O–H groups in total. The van der Waals surface area contributed by atoms with Gasteiger partial charge in [-0.05, 0) is 26.3 Å². The third kappa shape index (κ3) is 3.98. The lowest BCUT2D eigenvalue weighted by Crippen LogP contribution is -2.34. The average molecular weight is 306 g/mol. The van der Waals surface area contributed by atoms with Crippen molar-refractivity contribution in [2.24, 2.45) is 0 Å². The Bertz CT molecular complexity index is 705. The molecule has 21 heavy (non-hydrogen) atoms. The van der Waals surface area contributed by atoms with E-state index in [1.54, 1.807) is 16.8 Å². The van der Waals surface area contributed by atoms with Crippen molar-refractivity contribution in [3.63, 3.8) is 0 Å². The summed E-state index contributed by atoms with van der Waals surface area (Å²) in [6, 6.07) is 1.50. The van der Waals surface area contributed by atoms with Gasteiger partial charge in [0.05, 0.1) is 16.9 Å². The molecule has 0 radical (unpaired) electrons. The highest BCUT2D eigenvalue weighted by Gasteiger charge is 2.08. The van der Waals surface area contributed by atoms with Crippen molar-refractivity contribution in [1.29, 1.82) is 0 Å². The zero-order chi connectivity index (χ0) is 15.4. The van der Waals surface area contributed by atoms with Crippen LogP contribution in [0.5, 0.6) is 0 Å². The van der Waals surface area contributed by atoms with E-state index in [1.807, 2.05) is 20.8 Å². The van der Waals surface area contributed by atoms with Crippen molar-refractivity contribution in [2.45, 2.75) is 33.7 Å². The van der Waals surface area contributed by atoms with Crippen LogP contribution in [-0.4, -0.2) is 27.2 Å². The molecule has 6 nitrogen and oxygen atoms in total. The molecule has 0 unspecified atom stereocenters. The Labute approximate surface area is 126 Å². The third-order valence-corrected chi connectivity index (χ3v) is 4.24. The Balaban J connectivity index is 1.89. The van der Waals surface area contributed by atoms with E-state index in [0.29, 0.717) is 6.54 Å². The lowest BCUT2D eigenvalue weighted by Gasteiger charge is -2.08. The van der Waals surface area contributed by atoms with E-state index < -0.39 is 0 Å². The number of carbonyl (C=O) groups is 1. The van der Waals surface area contributed by atoms with Crippen molar-refractivity contribution in [1.82, 2.24) is 20.1 Å². The summed E-state index contributed by atoms with van der Waals surface area (Å²) in [4.78, 5) is 28.9. The van der Waals surface area contributed by atoms with Gasteiger partial charge in [0.15, 0.2) is 0 Å². The average Bonchev–Trinajstić information content (AvgIpc) is 2.82. The standard InChI is InChI=1S/C14H18N4O2S/c1-9-6-14(20)18(17-10(9)2)7-13(19)15-5-4-12-11(3)16-8-21-12/h6,8H,4-5,7H2,1-3H3,(H,15,19). The molecule has 0 spiro atoms. The highest BCUT2D eigenvalue weighted by molar-refractivity contribution is 7.09. The topological polar surface area (TPSA) is 76.9 Å². The Morgan fingerprint density at radius 1 is 1.33 bits per heavy atom. The minimum absolute atomic E-state index is 0.0539. The van der Waals surface area contributed by atoms with Crippen molar-refractivity contribution in [3.8, 4) is 0 Å². The van der Waals surface area contributed by atoms with Gasteiger partial charge in [-0.15, -0.1) is 11.3 Å². The van der Waals surface area contributed by atoms with Crippen LogP contribution in [0.15, 0.2) is 16.4 Å². The highest BCUT2D eigenvalue weighted by atomic mass is 32.1. The SMILES string of the molecule is Cc1cc(=O)n(CC(=O)NCCc2scnc2C)nc1C. The van der Waals surface area contributed by atoms with E-state index in [0.717, 1.165) is 28.2 Å². The molecule has 0 saturated carbocycles. The van der Waals surface area contributed by atoms with Crippen molar-refractivity contribution in [3.05, 3.63) is 43.8 Å². The van der Waals surface area contributed by atoms with Crippen LogP contribution in [-0.2, 0) is 17.8 Å². The van der Waals surface area contributed by atoms with Crippen LogP contribution in [0.1, 0.15) is 21.8 Å². The fourth-order valence-electron chi connectivity index (χ4n) is 1.86. The number of nitrogens with zero attached hydrogens (tertiary/aromatic N) is 3. The second-order valence-corrected chi connectivity index (χ2v) is 5.81. The van der Waals surface area contributed by atoms with Crippen molar-refractivity contribution < 1.29 is 4.79 Å². The molecule has 7 heteroatoms. The monoisotopic (exact) mass is 306 g/mol. The summed E-state index contributed by atoms with van der Waals surface area (Å²) in [5, 5.41) is 6.92. The van der Waals surface area contributed by atoms with E-state index >= 15 is 0 Å². The molecule has 2 rings (SSSR count). The molecule has 0 aromatic carbocycles. The van der Waals surface area contributed by atoms with Gasteiger partial charge >= 0.3 is 0 Å². The van der Waals surface area contributed by atoms with Gasteiger partial charge in [0.2, 0.25) is 5.91 Å². The number of hydrogen-bond donors (Lipinski definition) is 1. The highest BCUT2D eigenvalue weighted by Crippen LogP contribution is 2.11. The predicted molar refractivity (Wildman–Crippen MR) is 81.5 cm³/mol. The van der Waals surface area contributed by atoms with Crippen molar-refractivity contribution in [2.75, 3.05) is 6.54 Å². The lowest BCUT2D eigenvalue weighted by atomic mass is 10.2. The number of carbonyl (C=O) groups excluding carboxylic acids is 1. The van der Waals surface area contributed by atoms with Gasteiger partial charge in [-0.3, -0.25) is 9.59 Å². The van der Waals surface area contributed by atoms with Crippen LogP contribution < -0.4 is 10.9 Å². The molecule has 0 atom stereocenters. The van der Waals surface area contributed by atoms with Crippen LogP contribution >= 0.6 is 11.3 Å². The van der Waals surface area contributed by atoms with Crippen LogP contribution in [0.4, 0.5) is 0 Å². The Hall–Kier alpha value is -2.02. The Morgan fingerprint density at radius 2 is 2.10 bits per heavy atom. The van der Waals surface area contributed by atoms with E-state index in [2.05, 4.69) is 15.4 Å². The number of amides is 1. The first-order valence-corrected chi connectivity index (χ1v) is 7.56. The van der Waals surface area contributed by atoms with E-state index in [1.165, 1.54) is 10.7 Å². The first-order valence-electron chi connectivity index (χ1n) is 6.68. The minimum atomic E-state index is -0.258. The van der Waals surface area contributed by atoms with E-state index in [-0.39, 0.29) is 18.0 Å². The normalized spacial score (nSPS) is 10.6. The van der Waals surface area contributed by atoms with Gasteiger partial charge in [-0.2, -0.15) is 5.10 Å². The van der Waals surface area contributed by atoms with Crippen LogP contribution in [0.25, 0.3) is 0 Å². The predicted octanol–water partition coefficient (Wildman–Crippen LogP) is 0.984. The first-order chi connectivity index (χ1) is 9.97. The minimum Gasteiger partial charge on any atom is -0.354 e. The van der Waals surface area contributed by atoms with E-state index in [9.17, 15) is 9.59 Å². The Morgan fingerprint density at radius 3 is 2.76 bits per heavy atom. The summed E-state index contributed by atoms with van der Waals surface area (Å²) < 4.78 is 1.19. The molecule has 0 aliphatic carbocycles. The van der Waals surface area contributed by atoms with Gasteiger partial charge in [0, 0.05) is 23.9 Å². The van der Waals surface area contributed by atoms with Gasteiger partial charge in [0.1, 0.15) is 6.54 Å². The van der Waals surface area contributed by atoms with Gasteiger partial charge < -0.3 is 5.32 Å². The first kappa shape index (κ1) is 15.4. The van der Waals surface area contributed by atoms with Crippen LogP contribution in [0, 0.1) is 20.8 Å². The van der Waals surface area contributed by atoms with E-state index in [4.69, 9.17) is 0 Å². The molecule has 0 saturated heterocycles. The van der Waals surface area contributed by atoms with Gasteiger partial charge in [-0.25, -0.2) is 9.67 Å². The maximum atomic E-state index is 11.9. The molecule has 0 bridgehead atoms. The molecule has 2 heterocycles. The number of thiazole rings is 1. The van der Waals surface area contributed by atoms with Crippen molar-refractivity contribution >= 4 is 17.2 Å². The summed E-state index contributed by atoms with van der Waals surface area (Å²) in [5.41, 5.74) is 4.12. The largest absolute Gasteiger partial charge is 0.354 e. The van der Waals surface area contributed by atoms with Gasteiger partial charge in [-0.1, -0.05) is 0 Å².